The zero-order valence-corrected chi connectivity index (χ0v) is 17.3. The third kappa shape index (κ3) is 3.72. The highest BCUT2D eigenvalue weighted by Crippen LogP contribution is 2.32. The Bertz CT molecular complexity index is 1100. The summed E-state index contributed by atoms with van der Waals surface area (Å²) in [5.41, 5.74) is 2.06. The number of thiophene rings is 1. The Morgan fingerprint density at radius 3 is 2.64 bits per heavy atom. The minimum Gasteiger partial charge on any atom is -0.419 e. The van der Waals surface area contributed by atoms with Crippen LogP contribution in [0, 0.1) is 12.7 Å². The quantitative estimate of drug-likeness (QED) is 0.417. The van der Waals surface area contributed by atoms with Gasteiger partial charge < -0.3 is 8.98 Å². The summed E-state index contributed by atoms with van der Waals surface area (Å²) in [7, 11) is 1.88. The first-order valence-electron chi connectivity index (χ1n) is 8.75. The van der Waals surface area contributed by atoms with E-state index in [2.05, 4.69) is 40.3 Å². The molecule has 0 N–H and O–H groups in total. The van der Waals surface area contributed by atoms with Crippen molar-refractivity contribution in [1.29, 1.82) is 0 Å². The zero-order chi connectivity index (χ0) is 19.7. The molecule has 3 aromatic heterocycles. The summed E-state index contributed by atoms with van der Waals surface area (Å²) in [5, 5.41) is 17.5. The van der Waals surface area contributed by atoms with E-state index in [1.165, 1.54) is 34.3 Å². The smallest absolute Gasteiger partial charge is 0.257 e. The van der Waals surface area contributed by atoms with Gasteiger partial charge in [0.2, 0.25) is 5.89 Å². The molecule has 144 valence electrons. The highest BCUT2D eigenvalue weighted by Gasteiger charge is 2.16. The molecule has 0 radical (unpaired) electrons. The second kappa shape index (κ2) is 7.84. The molecular weight excluding hydrogens is 397 g/mol. The Hall–Kier alpha value is -2.52. The van der Waals surface area contributed by atoms with Crippen LogP contribution in [0.2, 0.25) is 0 Å². The van der Waals surface area contributed by atoms with E-state index in [9.17, 15) is 4.39 Å². The van der Waals surface area contributed by atoms with Crippen LogP contribution in [0.1, 0.15) is 23.3 Å². The van der Waals surface area contributed by atoms with Crippen LogP contribution in [-0.4, -0.2) is 25.0 Å². The summed E-state index contributed by atoms with van der Waals surface area (Å²) in [6.07, 6.45) is 0.996. The van der Waals surface area contributed by atoms with Crippen LogP contribution in [0.25, 0.3) is 22.2 Å². The minimum absolute atomic E-state index is 0.278. The summed E-state index contributed by atoms with van der Waals surface area (Å²) in [5.74, 6) is 1.98. The fraction of sp³-hybridized carbons (Fsp3) is 0.263. The van der Waals surface area contributed by atoms with Gasteiger partial charge in [0.05, 0.1) is 10.6 Å². The van der Waals surface area contributed by atoms with Crippen LogP contribution >= 0.6 is 23.1 Å². The Morgan fingerprint density at radius 1 is 1.14 bits per heavy atom. The van der Waals surface area contributed by atoms with Gasteiger partial charge in [-0.05, 0) is 49.2 Å². The third-order valence-corrected chi connectivity index (χ3v) is 6.66. The number of benzene rings is 1. The number of aryl methyl sites for hydroxylation is 2. The van der Waals surface area contributed by atoms with Crippen molar-refractivity contribution in [3.05, 3.63) is 52.5 Å². The molecule has 0 fully saturated rings. The topological polar surface area (TPSA) is 69.6 Å². The standard InChI is InChI=1S/C19H18FN5OS2/c1-4-14-11(2)9-15(28-14)18-23-21-16(26-18)10-27-19-24-22-17(25(19)3)12-5-7-13(20)8-6-12/h5-9H,4,10H2,1-3H3. The molecule has 0 saturated carbocycles. The number of rotatable bonds is 6. The van der Waals surface area contributed by atoms with Gasteiger partial charge in [-0.1, -0.05) is 18.7 Å². The van der Waals surface area contributed by atoms with E-state index in [1.54, 1.807) is 23.5 Å². The molecule has 0 bridgehead atoms. The number of nitrogens with zero attached hydrogens (tertiary/aromatic N) is 5. The molecule has 0 spiro atoms. The van der Waals surface area contributed by atoms with Gasteiger partial charge in [-0.2, -0.15) is 0 Å². The largest absolute Gasteiger partial charge is 0.419 e. The van der Waals surface area contributed by atoms with Crippen molar-refractivity contribution in [2.24, 2.45) is 7.05 Å². The van der Waals surface area contributed by atoms with Crippen LogP contribution in [-0.2, 0) is 19.2 Å². The van der Waals surface area contributed by atoms with E-state index < -0.39 is 0 Å². The van der Waals surface area contributed by atoms with Crippen molar-refractivity contribution in [3.63, 3.8) is 0 Å². The van der Waals surface area contributed by atoms with Gasteiger partial charge in [0.15, 0.2) is 11.0 Å². The maximum Gasteiger partial charge on any atom is 0.257 e. The summed E-state index contributed by atoms with van der Waals surface area (Å²) in [4.78, 5) is 2.33. The molecule has 4 rings (SSSR count). The zero-order valence-electron chi connectivity index (χ0n) is 15.6. The van der Waals surface area contributed by atoms with Crippen LogP contribution < -0.4 is 0 Å². The molecule has 4 aromatic rings. The predicted octanol–water partition coefficient (Wildman–Crippen LogP) is 4.90. The normalized spacial score (nSPS) is 11.3. The Kier molecular flexibility index (Phi) is 5.27. The van der Waals surface area contributed by atoms with Crippen molar-refractivity contribution in [2.75, 3.05) is 0 Å². The molecule has 0 amide bonds. The average Bonchev–Trinajstić information content (AvgIpc) is 3.39. The van der Waals surface area contributed by atoms with E-state index in [4.69, 9.17) is 4.42 Å². The first kappa shape index (κ1) is 18.8. The third-order valence-electron chi connectivity index (χ3n) is 4.28. The van der Waals surface area contributed by atoms with Crippen molar-refractivity contribution in [1.82, 2.24) is 25.0 Å². The first-order valence-corrected chi connectivity index (χ1v) is 10.6. The number of aromatic nitrogens is 5. The Morgan fingerprint density at radius 2 is 1.93 bits per heavy atom. The fourth-order valence-electron chi connectivity index (χ4n) is 2.80. The molecule has 6 nitrogen and oxygen atoms in total. The number of halogens is 1. The van der Waals surface area contributed by atoms with Crippen LogP contribution in [0.15, 0.2) is 39.9 Å². The molecule has 3 heterocycles. The SMILES string of the molecule is CCc1sc(-c2nnc(CSc3nnc(-c4ccc(F)cc4)n3C)o2)cc1C. The fourth-order valence-corrected chi connectivity index (χ4v) is 4.59. The summed E-state index contributed by atoms with van der Waals surface area (Å²) in [6, 6.07) is 8.28. The molecular formula is C19H18FN5OS2. The first-order chi connectivity index (χ1) is 13.5. The predicted molar refractivity (Wildman–Crippen MR) is 108 cm³/mol. The van der Waals surface area contributed by atoms with E-state index >= 15 is 0 Å². The number of thioether (sulfide) groups is 1. The van der Waals surface area contributed by atoms with E-state index in [0.717, 1.165) is 22.0 Å². The lowest BCUT2D eigenvalue weighted by Crippen LogP contribution is -1.95. The number of hydrogen-bond acceptors (Lipinski definition) is 7. The van der Waals surface area contributed by atoms with Gasteiger partial charge in [0, 0.05) is 17.5 Å². The number of hydrogen-bond donors (Lipinski definition) is 0. The molecule has 0 aliphatic heterocycles. The maximum absolute atomic E-state index is 13.1. The van der Waals surface area contributed by atoms with Crippen molar-refractivity contribution in [2.45, 2.75) is 31.2 Å². The lowest BCUT2D eigenvalue weighted by molar-refractivity contribution is 0.529. The van der Waals surface area contributed by atoms with Crippen LogP contribution in [0.4, 0.5) is 4.39 Å². The average molecular weight is 416 g/mol. The lowest BCUT2D eigenvalue weighted by Gasteiger charge is -2.02. The van der Waals surface area contributed by atoms with Crippen molar-refractivity contribution in [3.8, 4) is 22.2 Å². The highest BCUT2D eigenvalue weighted by molar-refractivity contribution is 7.98. The van der Waals surface area contributed by atoms with Gasteiger partial charge in [-0.15, -0.1) is 31.7 Å². The van der Waals surface area contributed by atoms with E-state index in [-0.39, 0.29) is 5.82 Å². The molecule has 0 atom stereocenters. The van der Waals surface area contributed by atoms with E-state index in [0.29, 0.717) is 23.4 Å². The van der Waals surface area contributed by atoms with Crippen LogP contribution in [0.3, 0.4) is 0 Å². The molecule has 0 aliphatic rings. The molecule has 28 heavy (non-hydrogen) atoms. The van der Waals surface area contributed by atoms with Gasteiger partial charge in [-0.25, -0.2) is 4.39 Å². The van der Waals surface area contributed by atoms with Crippen LogP contribution in [0.5, 0.6) is 0 Å². The highest BCUT2D eigenvalue weighted by atomic mass is 32.2. The summed E-state index contributed by atoms with van der Waals surface area (Å²) in [6.45, 7) is 4.23. The van der Waals surface area contributed by atoms with Crippen molar-refractivity contribution >= 4 is 23.1 Å². The van der Waals surface area contributed by atoms with E-state index in [1.807, 2.05) is 11.6 Å². The van der Waals surface area contributed by atoms with Gasteiger partial charge in [0.25, 0.3) is 5.89 Å². The second-order valence-corrected chi connectivity index (χ2v) is 8.31. The van der Waals surface area contributed by atoms with Gasteiger partial charge in [0.1, 0.15) is 5.82 Å². The Balaban J connectivity index is 1.47. The minimum atomic E-state index is -0.278. The summed E-state index contributed by atoms with van der Waals surface area (Å²) >= 11 is 3.15. The molecule has 0 saturated heterocycles. The Labute approximate surface area is 169 Å². The molecule has 9 heteroatoms. The molecule has 1 aromatic carbocycles. The molecule has 0 aliphatic carbocycles. The summed E-state index contributed by atoms with van der Waals surface area (Å²) < 4.78 is 20.8. The molecule has 0 unspecified atom stereocenters. The van der Waals surface area contributed by atoms with Gasteiger partial charge in [-0.3, -0.25) is 0 Å². The lowest BCUT2D eigenvalue weighted by atomic mass is 10.2. The maximum atomic E-state index is 13.1. The van der Waals surface area contributed by atoms with Crippen molar-refractivity contribution < 1.29 is 8.81 Å². The monoisotopic (exact) mass is 415 g/mol. The van der Waals surface area contributed by atoms with Gasteiger partial charge >= 0.3 is 0 Å². The second-order valence-electron chi connectivity index (χ2n) is 6.23.